The molecule has 0 spiro atoms. The van der Waals surface area contributed by atoms with Gasteiger partial charge in [0.25, 0.3) is 0 Å². The normalized spacial score (nSPS) is 18.0. The summed E-state index contributed by atoms with van der Waals surface area (Å²) >= 11 is -4.95. The van der Waals surface area contributed by atoms with Crippen molar-refractivity contribution in [3.63, 3.8) is 0 Å². The van der Waals surface area contributed by atoms with Gasteiger partial charge in [-0.2, -0.15) is 0 Å². The minimum absolute atomic E-state index is 0.187. The van der Waals surface area contributed by atoms with Gasteiger partial charge in [0, 0.05) is 0 Å². The van der Waals surface area contributed by atoms with Crippen molar-refractivity contribution in [2.75, 3.05) is 44.8 Å². The van der Waals surface area contributed by atoms with Crippen molar-refractivity contribution >= 4 is 0 Å². The molecule has 0 heterocycles. The topological polar surface area (TPSA) is 56.5 Å². The van der Waals surface area contributed by atoms with E-state index in [1.165, 1.54) is 0 Å². The third kappa shape index (κ3) is 6.86. The van der Waals surface area contributed by atoms with Gasteiger partial charge in [-0.15, -0.1) is 0 Å². The number of nitrogens with one attached hydrogen (secondary N) is 1. The van der Waals surface area contributed by atoms with Crippen LogP contribution in [0, 0.1) is 0 Å². The molecular formula is C17H42I2N3O2-. The Morgan fingerprint density at radius 2 is 1.62 bits per heavy atom. The number of quaternary nitrogens is 1. The second-order valence-electron chi connectivity index (χ2n) is 7.92. The molecule has 0 aromatic heterocycles. The summed E-state index contributed by atoms with van der Waals surface area (Å²) in [5, 5.41) is 3.20. The van der Waals surface area contributed by atoms with Crippen LogP contribution >= 0.6 is 0 Å². The van der Waals surface area contributed by atoms with E-state index in [-0.39, 0.29) is 8.20 Å². The predicted octanol–water partition coefficient (Wildman–Crippen LogP) is -3.76. The SMILES string of the molecule is C=CNCC[I-](C)(C)OC(C)(CC)[I-](C)(C)OC(C)(C)[N+](C)(C)N. The Bertz CT molecular complexity index is 421. The molecule has 0 aromatic carbocycles. The summed E-state index contributed by atoms with van der Waals surface area (Å²) in [5.41, 5.74) is -0.444. The van der Waals surface area contributed by atoms with Gasteiger partial charge in [-0.1, -0.05) is 0 Å². The van der Waals surface area contributed by atoms with Crippen molar-refractivity contribution in [1.82, 2.24) is 5.32 Å². The molecule has 5 nitrogen and oxygen atoms in total. The summed E-state index contributed by atoms with van der Waals surface area (Å²) in [4.78, 5) is 9.26. The van der Waals surface area contributed by atoms with E-state index in [9.17, 15) is 0 Å². The van der Waals surface area contributed by atoms with Crippen LogP contribution in [0.25, 0.3) is 0 Å². The molecule has 24 heavy (non-hydrogen) atoms. The maximum absolute atomic E-state index is 6.86. The quantitative estimate of drug-likeness (QED) is 0.0507. The van der Waals surface area contributed by atoms with E-state index < -0.39 is 43.4 Å². The fraction of sp³-hybridized carbons (Fsp3) is 0.882. The van der Waals surface area contributed by atoms with E-state index in [0.29, 0.717) is 0 Å². The van der Waals surface area contributed by atoms with Gasteiger partial charge in [0.15, 0.2) is 0 Å². The van der Waals surface area contributed by atoms with E-state index >= 15 is 0 Å². The number of nitrogens with zero attached hydrogens (tertiary/aromatic N) is 1. The van der Waals surface area contributed by atoms with E-state index in [2.05, 4.69) is 59.3 Å². The molecule has 1 atom stereocenters. The van der Waals surface area contributed by atoms with Crippen molar-refractivity contribution < 1.29 is 48.4 Å². The molecule has 7 heteroatoms. The summed E-state index contributed by atoms with van der Waals surface area (Å²) in [6.07, 6.45) is 2.72. The minimum atomic E-state index is -2.68. The van der Waals surface area contributed by atoms with Crippen LogP contribution in [0.2, 0.25) is 0 Å². The Balaban J connectivity index is 5.34. The zero-order chi connectivity index (χ0) is 19.4. The van der Waals surface area contributed by atoms with Gasteiger partial charge in [0.2, 0.25) is 0 Å². The Labute approximate surface area is 159 Å². The molecule has 0 bridgehead atoms. The van der Waals surface area contributed by atoms with Crippen molar-refractivity contribution in [3.05, 3.63) is 12.8 Å². The van der Waals surface area contributed by atoms with Crippen LogP contribution in [0.15, 0.2) is 12.8 Å². The second kappa shape index (κ2) is 8.69. The van der Waals surface area contributed by atoms with Crippen LogP contribution in [-0.4, -0.2) is 58.7 Å². The van der Waals surface area contributed by atoms with Gasteiger partial charge in [-0.25, -0.2) is 0 Å². The zero-order valence-electron chi connectivity index (χ0n) is 17.5. The molecule has 0 aromatic rings. The van der Waals surface area contributed by atoms with E-state index in [1.54, 1.807) is 6.20 Å². The standard InChI is InChI=1S/C17H42I2N3O2/c1-12-17(5,24-18(6,7)14-15-21-13-2)19(8,9)23-16(3,4)22(10,11)20/h13,21H,2,12,14-15,20H2,1,3-11H3/q-1. The monoisotopic (exact) mass is 574 g/mol. The van der Waals surface area contributed by atoms with Crippen LogP contribution in [0.3, 0.4) is 0 Å². The van der Waals surface area contributed by atoms with Crippen molar-refractivity contribution in [1.29, 1.82) is 0 Å². The molecular weight excluding hydrogens is 532 g/mol. The Morgan fingerprint density at radius 3 is 2.00 bits per heavy atom. The number of halogens is 2. The van der Waals surface area contributed by atoms with Crippen LogP contribution in [0.5, 0.6) is 0 Å². The fourth-order valence-corrected chi connectivity index (χ4v) is 18.2. The van der Waals surface area contributed by atoms with Crippen LogP contribution in [0.1, 0.15) is 34.1 Å². The van der Waals surface area contributed by atoms with E-state index in [4.69, 9.17) is 12.0 Å². The first-order valence-electron chi connectivity index (χ1n) is 8.17. The molecule has 0 rings (SSSR count). The summed E-state index contributed by atoms with van der Waals surface area (Å²) in [5.74, 6) is 6.31. The molecule has 0 aliphatic heterocycles. The van der Waals surface area contributed by atoms with Crippen LogP contribution in [0.4, 0.5) is 0 Å². The summed E-state index contributed by atoms with van der Waals surface area (Å²) in [6, 6.07) is 0. The Morgan fingerprint density at radius 1 is 1.12 bits per heavy atom. The van der Waals surface area contributed by atoms with Crippen molar-refractivity contribution in [3.8, 4) is 0 Å². The van der Waals surface area contributed by atoms with E-state index in [1.807, 2.05) is 14.1 Å². The number of hydrogen-bond donors (Lipinski definition) is 2. The van der Waals surface area contributed by atoms with Gasteiger partial charge in [0.1, 0.15) is 0 Å². The number of hydrogen-bond acceptors (Lipinski definition) is 4. The summed E-state index contributed by atoms with van der Waals surface area (Å²) in [7, 11) is 3.95. The molecule has 152 valence electrons. The zero-order valence-corrected chi connectivity index (χ0v) is 21.8. The third-order valence-electron chi connectivity index (χ3n) is 4.57. The predicted molar refractivity (Wildman–Crippen MR) is 98.0 cm³/mol. The average molecular weight is 574 g/mol. The Hall–Kier alpha value is 0.840. The molecule has 0 radical (unpaired) electrons. The van der Waals surface area contributed by atoms with Gasteiger partial charge in [-0.05, 0) is 0 Å². The molecule has 3 N–H and O–H groups in total. The van der Waals surface area contributed by atoms with Crippen molar-refractivity contribution in [2.45, 2.75) is 43.4 Å². The van der Waals surface area contributed by atoms with Crippen LogP contribution in [-0.2, 0) is 6.13 Å². The maximum atomic E-state index is 6.86. The van der Waals surface area contributed by atoms with Gasteiger partial charge >= 0.3 is 161 Å². The first-order chi connectivity index (χ1) is 10.5. The average Bonchev–Trinajstić information content (AvgIpc) is 2.35. The molecule has 0 saturated heterocycles. The third-order valence-corrected chi connectivity index (χ3v) is 19.4. The van der Waals surface area contributed by atoms with Gasteiger partial charge in [-0.3, -0.25) is 0 Å². The fourth-order valence-electron chi connectivity index (χ4n) is 1.95. The van der Waals surface area contributed by atoms with Crippen LogP contribution < -0.4 is 48.9 Å². The molecule has 0 amide bonds. The Kier molecular flexibility index (Phi) is 8.99. The van der Waals surface area contributed by atoms with E-state index in [0.717, 1.165) is 17.4 Å². The number of alkyl halides is 6. The number of rotatable bonds is 11. The molecule has 1 unspecified atom stereocenters. The molecule has 0 fully saturated rings. The van der Waals surface area contributed by atoms with Crippen molar-refractivity contribution in [2.24, 2.45) is 5.84 Å². The first kappa shape index (κ1) is 24.8. The first-order valence-corrected chi connectivity index (χ1v) is 21.2. The molecule has 0 aliphatic carbocycles. The summed E-state index contributed by atoms with van der Waals surface area (Å²) < 4.78 is 14.8. The van der Waals surface area contributed by atoms with Gasteiger partial charge < -0.3 is 0 Å². The van der Waals surface area contributed by atoms with Gasteiger partial charge in [0.05, 0.1) is 0 Å². The summed E-state index contributed by atoms with van der Waals surface area (Å²) in [6.45, 7) is 13.3. The number of nitrogens with two attached hydrogens (primary N) is 1. The molecule has 0 saturated carbocycles. The second-order valence-corrected chi connectivity index (χ2v) is 26.3. The molecule has 0 aliphatic rings.